The average Bonchev–Trinajstić information content (AvgIpc) is 2.24. The summed E-state index contributed by atoms with van der Waals surface area (Å²) in [4.78, 5) is 11.1. The van der Waals surface area contributed by atoms with Gasteiger partial charge < -0.3 is 5.11 Å². The fourth-order valence-corrected chi connectivity index (χ4v) is 1.89. The molecule has 1 N–H and O–H groups in total. The molecule has 0 aliphatic rings. The number of hydrogen-bond acceptors (Lipinski definition) is 2. The van der Waals surface area contributed by atoms with Gasteiger partial charge in [0.05, 0.1) is 10.5 Å². The number of aromatic carboxylic acids is 1. The van der Waals surface area contributed by atoms with E-state index in [1.165, 1.54) is 6.07 Å². The summed E-state index contributed by atoms with van der Waals surface area (Å²) in [5.41, 5.74) is 1.59. The molecule has 0 saturated heterocycles. The lowest BCUT2D eigenvalue weighted by molar-refractivity contribution is 0.0695. The van der Waals surface area contributed by atoms with Gasteiger partial charge in [-0.2, -0.15) is 0 Å². The van der Waals surface area contributed by atoms with Gasteiger partial charge in [0.15, 0.2) is 0 Å². The van der Waals surface area contributed by atoms with Gasteiger partial charge in [-0.1, -0.05) is 13.8 Å². The van der Waals surface area contributed by atoms with Crippen LogP contribution in [-0.4, -0.2) is 15.3 Å². The minimum atomic E-state index is -1.67. The molecule has 1 unspecified atom stereocenters. The van der Waals surface area contributed by atoms with Crippen molar-refractivity contribution in [2.45, 2.75) is 32.6 Å². The minimum Gasteiger partial charge on any atom is -0.478 e. The molecule has 1 aromatic rings. The third-order valence-corrected chi connectivity index (χ3v) is 3.20. The van der Waals surface area contributed by atoms with E-state index in [0.29, 0.717) is 10.5 Å². The van der Waals surface area contributed by atoms with E-state index in [1.54, 1.807) is 19.9 Å². The topological polar surface area (TPSA) is 54.4 Å². The van der Waals surface area contributed by atoms with Crippen molar-refractivity contribution in [3.05, 3.63) is 28.8 Å². The first kappa shape index (κ1) is 15.1. The molecule has 0 amide bonds. The van der Waals surface area contributed by atoms with Gasteiger partial charge in [-0.15, -0.1) is 0 Å². The van der Waals surface area contributed by atoms with Crippen molar-refractivity contribution in [1.29, 1.82) is 0 Å². The number of rotatable bonds is 2. The predicted molar refractivity (Wildman–Crippen MR) is 66.5 cm³/mol. The molecule has 0 aliphatic carbocycles. The normalized spacial score (nSPS) is 11.3. The lowest BCUT2D eigenvalue weighted by Gasteiger charge is -2.06. The molecule has 0 saturated carbocycles. The van der Waals surface area contributed by atoms with Crippen LogP contribution in [0.5, 0.6) is 0 Å². The molecule has 1 rings (SSSR count). The first-order valence-corrected chi connectivity index (χ1v) is 6.83. The molecule has 0 radical (unpaired) electrons. The van der Waals surface area contributed by atoms with Crippen LogP contribution < -0.4 is 0 Å². The Labute approximate surface area is 102 Å². The Morgan fingerprint density at radius 3 is 2.19 bits per heavy atom. The maximum Gasteiger partial charge on any atom is 0.336 e. The summed E-state index contributed by atoms with van der Waals surface area (Å²) in [5.74, 6) is -1.03. The van der Waals surface area contributed by atoms with Gasteiger partial charge in [-0.3, -0.25) is 0 Å². The fourth-order valence-electron chi connectivity index (χ4n) is 1.14. The van der Waals surface area contributed by atoms with E-state index in [-0.39, 0.29) is 5.56 Å². The Morgan fingerprint density at radius 1 is 1.31 bits per heavy atom. The van der Waals surface area contributed by atoms with Gasteiger partial charge in [0.25, 0.3) is 0 Å². The molecule has 0 aromatic heterocycles. The predicted octanol–water partition coefficient (Wildman–Crippen LogP) is 3.29. The number of carbonyl (C=O) groups is 1. The standard InChI is InChI=1S/C9H9ClO3S.C2H6/c1-5-3-7(14(10)13)4-8(6(5)2)9(11)12;1-2/h3-4H,1-2H3,(H,11,12);1-2H3. The molecule has 90 valence electrons. The molecule has 0 aliphatic heterocycles. The summed E-state index contributed by atoms with van der Waals surface area (Å²) < 4.78 is 11.0. The first-order chi connectivity index (χ1) is 7.43. The lowest BCUT2D eigenvalue weighted by atomic mass is 10.0. The van der Waals surface area contributed by atoms with E-state index in [4.69, 9.17) is 15.8 Å². The van der Waals surface area contributed by atoms with E-state index >= 15 is 0 Å². The summed E-state index contributed by atoms with van der Waals surface area (Å²) in [5, 5.41) is 8.85. The second-order valence-corrected chi connectivity index (χ2v) is 4.70. The zero-order chi connectivity index (χ0) is 12.9. The SMILES string of the molecule is CC.Cc1cc(S(=O)Cl)cc(C(=O)O)c1C. The lowest BCUT2D eigenvalue weighted by Crippen LogP contribution is -2.02. The highest BCUT2D eigenvalue weighted by atomic mass is 35.7. The number of carboxylic acids is 1. The summed E-state index contributed by atoms with van der Waals surface area (Å²) in [7, 11) is 3.72. The van der Waals surface area contributed by atoms with Gasteiger partial charge in [-0.25, -0.2) is 9.00 Å². The fraction of sp³-hybridized carbons (Fsp3) is 0.364. The van der Waals surface area contributed by atoms with Crippen LogP contribution in [0.3, 0.4) is 0 Å². The first-order valence-electron chi connectivity index (χ1n) is 4.86. The van der Waals surface area contributed by atoms with Crippen molar-refractivity contribution in [2.75, 3.05) is 0 Å². The summed E-state index contributed by atoms with van der Waals surface area (Å²) in [6.45, 7) is 7.47. The average molecular weight is 263 g/mol. The highest BCUT2D eigenvalue weighted by Crippen LogP contribution is 2.20. The van der Waals surface area contributed by atoms with Gasteiger partial charge >= 0.3 is 5.97 Å². The van der Waals surface area contributed by atoms with Crippen LogP contribution in [0.15, 0.2) is 17.0 Å². The van der Waals surface area contributed by atoms with E-state index in [0.717, 1.165) is 5.56 Å². The number of halogens is 1. The van der Waals surface area contributed by atoms with Crippen LogP contribution in [-0.2, 0) is 10.0 Å². The number of hydrogen-bond donors (Lipinski definition) is 1. The van der Waals surface area contributed by atoms with Gasteiger partial charge in [0.2, 0.25) is 0 Å². The Balaban J connectivity index is 0.00000106. The Bertz CT molecular complexity index is 416. The zero-order valence-corrected chi connectivity index (χ0v) is 11.3. The van der Waals surface area contributed by atoms with Gasteiger partial charge in [-0.05, 0) is 47.8 Å². The zero-order valence-electron chi connectivity index (χ0n) is 9.70. The van der Waals surface area contributed by atoms with Gasteiger partial charge in [0, 0.05) is 0 Å². The maximum atomic E-state index is 11.0. The van der Waals surface area contributed by atoms with Crippen LogP contribution in [0.25, 0.3) is 0 Å². The maximum absolute atomic E-state index is 11.0. The van der Waals surface area contributed by atoms with Crippen LogP contribution in [0.1, 0.15) is 35.3 Å². The quantitative estimate of drug-likeness (QED) is 0.832. The molecule has 16 heavy (non-hydrogen) atoms. The van der Waals surface area contributed by atoms with Crippen molar-refractivity contribution in [1.82, 2.24) is 0 Å². The Hall–Kier alpha value is -0.870. The van der Waals surface area contributed by atoms with Crippen molar-refractivity contribution in [2.24, 2.45) is 0 Å². The van der Waals surface area contributed by atoms with Crippen LogP contribution >= 0.6 is 10.7 Å². The van der Waals surface area contributed by atoms with Gasteiger partial charge in [0.1, 0.15) is 10.0 Å². The third-order valence-electron chi connectivity index (χ3n) is 2.06. The van der Waals surface area contributed by atoms with Crippen LogP contribution in [0.2, 0.25) is 0 Å². The molecule has 0 fully saturated rings. The molecule has 1 aromatic carbocycles. The van der Waals surface area contributed by atoms with E-state index in [9.17, 15) is 9.00 Å². The molecule has 3 nitrogen and oxygen atoms in total. The number of aryl methyl sites for hydroxylation is 1. The summed E-state index contributed by atoms with van der Waals surface area (Å²) in [6, 6.07) is 2.97. The monoisotopic (exact) mass is 262 g/mol. The highest BCUT2D eigenvalue weighted by Gasteiger charge is 2.12. The molecular weight excluding hydrogens is 248 g/mol. The van der Waals surface area contributed by atoms with Crippen molar-refractivity contribution in [3.8, 4) is 0 Å². The third kappa shape index (κ3) is 3.61. The Kier molecular flexibility index (Phi) is 6.29. The summed E-state index contributed by atoms with van der Waals surface area (Å²) in [6.07, 6.45) is 0. The van der Waals surface area contributed by atoms with Crippen molar-refractivity contribution < 1.29 is 14.1 Å². The number of benzene rings is 1. The smallest absolute Gasteiger partial charge is 0.336 e. The molecule has 1 atom stereocenters. The van der Waals surface area contributed by atoms with E-state index < -0.39 is 16.0 Å². The van der Waals surface area contributed by atoms with Crippen LogP contribution in [0, 0.1) is 13.8 Å². The molecular formula is C11H15ClO3S. The van der Waals surface area contributed by atoms with Crippen molar-refractivity contribution in [3.63, 3.8) is 0 Å². The second kappa shape index (κ2) is 6.66. The van der Waals surface area contributed by atoms with Crippen LogP contribution in [0.4, 0.5) is 0 Å². The minimum absolute atomic E-state index is 0.147. The Morgan fingerprint density at radius 2 is 1.81 bits per heavy atom. The molecule has 0 spiro atoms. The molecule has 5 heteroatoms. The summed E-state index contributed by atoms with van der Waals surface area (Å²) >= 11 is 0. The second-order valence-electron chi connectivity index (χ2n) is 2.94. The van der Waals surface area contributed by atoms with E-state index in [2.05, 4.69) is 0 Å². The largest absolute Gasteiger partial charge is 0.478 e. The highest BCUT2D eigenvalue weighted by molar-refractivity contribution is 8.08. The number of carboxylic acid groups (broad SMARTS) is 1. The molecule has 0 bridgehead atoms. The van der Waals surface area contributed by atoms with Crippen molar-refractivity contribution >= 4 is 26.7 Å². The van der Waals surface area contributed by atoms with E-state index in [1.807, 2.05) is 13.8 Å². The molecule has 0 heterocycles.